The Kier molecular flexibility index (Phi) is 6.61. The molecule has 1 aromatic rings. The molecule has 0 amide bonds. The number of benzene rings is 1. The van der Waals surface area contributed by atoms with Crippen LogP contribution in [0.1, 0.15) is 32.3 Å². The highest BCUT2D eigenvalue weighted by atomic mass is 16.5. The van der Waals surface area contributed by atoms with Gasteiger partial charge in [0.05, 0.1) is 20.3 Å². The molecule has 2 unspecified atom stereocenters. The molecule has 24 heavy (non-hydrogen) atoms. The second-order valence-corrected chi connectivity index (χ2v) is 5.63. The number of hydrogen-bond acceptors (Lipinski definition) is 6. The third-order valence-corrected chi connectivity index (χ3v) is 4.16. The molecular weight excluding hydrogens is 310 g/mol. The quantitative estimate of drug-likeness (QED) is 0.712. The van der Waals surface area contributed by atoms with Crippen LogP contribution in [0, 0.1) is 0 Å². The minimum absolute atomic E-state index is 0.280. The predicted molar refractivity (Wildman–Crippen MR) is 88.6 cm³/mol. The number of nitrogens with zero attached hydrogens (tertiary/aromatic N) is 1. The van der Waals surface area contributed by atoms with Gasteiger partial charge in [0.1, 0.15) is 17.8 Å². The highest BCUT2D eigenvalue weighted by Gasteiger charge is 2.42. The van der Waals surface area contributed by atoms with Gasteiger partial charge < -0.3 is 14.2 Å². The van der Waals surface area contributed by atoms with E-state index in [2.05, 4.69) is 0 Å². The predicted octanol–water partition coefficient (Wildman–Crippen LogP) is 2.15. The van der Waals surface area contributed by atoms with Crippen LogP contribution in [-0.2, 0) is 25.6 Å². The number of methoxy groups -OCH3 is 1. The summed E-state index contributed by atoms with van der Waals surface area (Å²) in [6.07, 6.45) is 1.19. The first-order chi connectivity index (χ1) is 11.6. The standard InChI is InChI=1S/C18H25NO5/c1-4-23-17(20)15-10-11-16(18(21)24-5-2)19(15)12-13-6-8-14(22-3)9-7-13/h6-9,15-16H,4-5,10-12H2,1-3H3. The van der Waals surface area contributed by atoms with Gasteiger partial charge in [0.15, 0.2) is 0 Å². The molecule has 132 valence electrons. The van der Waals surface area contributed by atoms with Crippen LogP contribution >= 0.6 is 0 Å². The molecule has 1 heterocycles. The summed E-state index contributed by atoms with van der Waals surface area (Å²) in [7, 11) is 1.61. The second kappa shape index (κ2) is 8.68. The molecule has 0 bridgehead atoms. The van der Waals surface area contributed by atoms with Crippen LogP contribution in [0.3, 0.4) is 0 Å². The Morgan fingerprint density at radius 3 is 1.92 bits per heavy atom. The summed E-state index contributed by atoms with van der Waals surface area (Å²) in [5, 5.41) is 0. The van der Waals surface area contributed by atoms with E-state index in [0.717, 1.165) is 11.3 Å². The van der Waals surface area contributed by atoms with Crippen molar-refractivity contribution in [3.8, 4) is 5.75 Å². The van der Waals surface area contributed by atoms with Gasteiger partial charge in [-0.1, -0.05) is 12.1 Å². The molecule has 0 saturated carbocycles. The first-order valence-electron chi connectivity index (χ1n) is 8.32. The molecule has 1 fully saturated rings. The summed E-state index contributed by atoms with van der Waals surface area (Å²) in [4.78, 5) is 26.4. The van der Waals surface area contributed by atoms with Gasteiger partial charge in [-0.25, -0.2) is 0 Å². The molecule has 2 rings (SSSR count). The van der Waals surface area contributed by atoms with E-state index in [1.54, 1.807) is 21.0 Å². The van der Waals surface area contributed by atoms with Crippen molar-refractivity contribution < 1.29 is 23.8 Å². The maximum atomic E-state index is 12.2. The zero-order chi connectivity index (χ0) is 17.5. The van der Waals surface area contributed by atoms with Crippen molar-refractivity contribution in [1.29, 1.82) is 0 Å². The Bertz CT molecular complexity index is 531. The number of rotatable bonds is 7. The van der Waals surface area contributed by atoms with Crippen LogP contribution in [0.25, 0.3) is 0 Å². The molecule has 0 spiro atoms. The number of likely N-dealkylation sites (tertiary alicyclic amines) is 1. The lowest BCUT2D eigenvalue weighted by molar-refractivity contribution is -0.153. The highest BCUT2D eigenvalue weighted by Crippen LogP contribution is 2.28. The van der Waals surface area contributed by atoms with Gasteiger partial charge in [0, 0.05) is 6.54 Å². The molecule has 1 aliphatic heterocycles. The molecular formula is C18H25NO5. The Morgan fingerprint density at radius 2 is 1.50 bits per heavy atom. The van der Waals surface area contributed by atoms with E-state index in [4.69, 9.17) is 14.2 Å². The Balaban J connectivity index is 2.17. The number of carbonyl (C=O) groups is 2. The lowest BCUT2D eigenvalue weighted by Crippen LogP contribution is -2.44. The molecule has 0 aliphatic carbocycles. The molecule has 0 N–H and O–H groups in total. The summed E-state index contributed by atoms with van der Waals surface area (Å²) < 4.78 is 15.5. The van der Waals surface area contributed by atoms with Crippen molar-refractivity contribution in [1.82, 2.24) is 4.90 Å². The first-order valence-corrected chi connectivity index (χ1v) is 8.32. The maximum absolute atomic E-state index is 12.2. The van der Waals surface area contributed by atoms with Crippen molar-refractivity contribution in [2.24, 2.45) is 0 Å². The van der Waals surface area contributed by atoms with E-state index < -0.39 is 12.1 Å². The van der Waals surface area contributed by atoms with E-state index in [0.29, 0.717) is 32.6 Å². The Labute approximate surface area is 142 Å². The average molecular weight is 335 g/mol. The van der Waals surface area contributed by atoms with Crippen molar-refractivity contribution in [3.05, 3.63) is 29.8 Å². The fraction of sp³-hybridized carbons (Fsp3) is 0.556. The molecule has 1 aliphatic rings. The topological polar surface area (TPSA) is 65.1 Å². The highest BCUT2D eigenvalue weighted by molar-refractivity contribution is 5.81. The normalized spacial score (nSPS) is 20.6. The Hall–Kier alpha value is -2.08. The van der Waals surface area contributed by atoms with E-state index >= 15 is 0 Å². The summed E-state index contributed by atoms with van der Waals surface area (Å²) in [6, 6.07) is 6.76. The SMILES string of the molecule is CCOC(=O)C1CCC(C(=O)OCC)N1Cc1ccc(OC)cc1. The van der Waals surface area contributed by atoms with Crippen molar-refractivity contribution in [2.45, 2.75) is 45.3 Å². The van der Waals surface area contributed by atoms with Gasteiger partial charge in [-0.05, 0) is 44.4 Å². The van der Waals surface area contributed by atoms with E-state index in [1.165, 1.54) is 0 Å². The minimum Gasteiger partial charge on any atom is -0.497 e. The van der Waals surface area contributed by atoms with Crippen molar-refractivity contribution >= 4 is 11.9 Å². The number of esters is 2. The lowest BCUT2D eigenvalue weighted by Gasteiger charge is -2.27. The smallest absolute Gasteiger partial charge is 0.323 e. The lowest BCUT2D eigenvalue weighted by atomic mass is 10.1. The molecule has 1 saturated heterocycles. The van der Waals surface area contributed by atoms with Crippen LogP contribution in [0.5, 0.6) is 5.75 Å². The van der Waals surface area contributed by atoms with Gasteiger partial charge in [-0.15, -0.1) is 0 Å². The zero-order valence-electron chi connectivity index (χ0n) is 14.5. The van der Waals surface area contributed by atoms with Crippen molar-refractivity contribution in [2.75, 3.05) is 20.3 Å². The molecule has 2 atom stereocenters. The fourth-order valence-electron chi connectivity index (χ4n) is 3.01. The van der Waals surface area contributed by atoms with Gasteiger partial charge in [0.2, 0.25) is 0 Å². The summed E-state index contributed by atoms with van der Waals surface area (Å²) in [6.45, 7) is 4.70. The second-order valence-electron chi connectivity index (χ2n) is 5.63. The Morgan fingerprint density at radius 1 is 1.00 bits per heavy atom. The van der Waals surface area contributed by atoms with Gasteiger partial charge in [0.25, 0.3) is 0 Å². The van der Waals surface area contributed by atoms with E-state index in [1.807, 2.05) is 29.2 Å². The largest absolute Gasteiger partial charge is 0.497 e. The summed E-state index contributed by atoms with van der Waals surface area (Å²) in [5.41, 5.74) is 1.00. The first kappa shape index (κ1) is 18.3. The summed E-state index contributed by atoms with van der Waals surface area (Å²) in [5.74, 6) is 0.208. The van der Waals surface area contributed by atoms with Crippen LogP contribution in [0.15, 0.2) is 24.3 Å². The fourth-order valence-corrected chi connectivity index (χ4v) is 3.01. The van der Waals surface area contributed by atoms with Crippen molar-refractivity contribution in [3.63, 3.8) is 0 Å². The third kappa shape index (κ3) is 4.26. The number of carbonyl (C=O) groups excluding carboxylic acids is 2. The van der Waals surface area contributed by atoms with Gasteiger partial charge >= 0.3 is 11.9 Å². The molecule has 1 aromatic carbocycles. The van der Waals surface area contributed by atoms with E-state index in [-0.39, 0.29) is 11.9 Å². The van der Waals surface area contributed by atoms with Crippen LogP contribution in [0.4, 0.5) is 0 Å². The van der Waals surface area contributed by atoms with Gasteiger partial charge in [-0.3, -0.25) is 14.5 Å². The molecule has 0 radical (unpaired) electrons. The van der Waals surface area contributed by atoms with Gasteiger partial charge in [-0.2, -0.15) is 0 Å². The number of hydrogen-bond donors (Lipinski definition) is 0. The average Bonchev–Trinajstić information content (AvgIpc) is 3.00. The third-order valence-electron chi connectivity index (χ3n) is 4.16. The van der Waals surface area contributed by atoms with E-state index in [9.17, 15) is 9.59 Å². The monoisotopic (exact) mass is 335 g/mol. The maximum Gasteiger partial charge on any atom is 0.323 e. The zero-order valence-corrected chi connectivity index (χ0v) is 14.5. The van der Waals surface area contributed by atoms with Crippen LogP contribution in [-0.4, -0.2) is 49.2 Å². The minimum atomic E-state index is -0.415. The molecule has 0 aromatic heterocycles. The molecule has 6 heteroatoms. The van der Waals surface area contributed by atoms with Crippen LogP contribution < -0.4 is 4.74 Å². The molecule has 6 nitrogen and oxygen atoms in total. The summed E-state index contributed by atoms with van der Waals surface area (Å²) >= 11 is 0. The number of ether oxygens (including phenoxy) is 3. The van der Waals surface area contributed by atoms with Crippen LogP contribution in [0.2, 0.25) is 0 Å².